The molecule has 0 spiro atoms. The van der Waals surface area contributed by atoms with Crippen LogP contribution in [0.25, 0.3) is 5.73 Å². The normalized spacial score (nSPS) is 13.3. The predicted octanol–water partition coefficient (Wildman–Crippen LogP) is 9.99. The molecule has 3 aromatic carbocycles. The molecule has 1 aliphatic heterocycles. The molecule has 1 aliphatic rings. The summed E-state index contributed by atoms with van der Waals surface area (Å²) < 4.78 is 0. The fourth-order valence-electron chi connectivity index (χ4n) is 4.96. The van der Waals surface area contributed by atoms with Gasteiger partial charge in [-0.3, -0.25) is 0 Å². The van der Waals surface area contributed by atoms with Crippen molar-refractivity contribution >= 4 is 17.1 Å². The molecule has 1 fully saturated rings. The first-order valence-electron chi connectivity index (χ1n) is 13.5. The molecule has 0 unspecified atom stereocenters. The van der Waals surface area contributed by atoms with E-state index in [9.17, 15) is 0 Å². The molecule has 1 saturated heterocycles. The minimum atomic E-state index is 0. The molecular formula is C33H45CuN3. The van der Waals surface area contributed by atoms with E-state index in [2.05, 4.69) is 108 Å². The van der Waals surface area contributed by atoms with E-state index in [-0.39, 0.29) is 17.1 Å². The molecule has 1 radical (unpaired) electrons. The quantitative estimate of drug-likeness (QED) is 0.227. The summed E-state index contributed by atoms with van der Waals surface area (Å²) in [6.45, 7) is 22.9. The monoisotopic (exact) mass is 546 g/mol. The Bertz CT molecular complexity index is 984. The summed E-state index contributed by atoms with van der Waals surface area (Å²) in [5.41, 5.74) is 16.2. The molecule has 4 heteroatoms. The molecule has 1 N–H and O–H groups in total. The number of para-hydroxylation sites is 2. The first-order chi connectivity index (χ1) is 17.1. The van der Waals surface area contributed by atoms with E-state index < -0.39 is 0 Å². The van der Waals surface area contributed by atoms with Gasteiger partial charge in [-0.1, -0.05) is 122 Å². The maximum absolute atomic E-state index is 7.00. The van der Waals surface area contributed by atoms with E-state index in [1.807, 2.05) is 18.2 Å². The Balaban J connectivity index is 0.000000520. The smallest absolute Gasteiger partial charge is 0.699 e. The first kappa shape index (κ1) is 30.8. The zero-order chi connectivity index (χ0) is 26.4. The van der Waals surface area contributed by atoms with Crippen molar-refractivity contribution in [1.29, 1.82) is 0 Å². The molecule has 1 heterocycles. The Kier molecular flexibility index (Phi) is 11.6. The summed E-state index contributed by atoms with van der Waals surface area (Å²) in [6.07, 6.45) is 0. The molecule has 0 aliphatic carbocycles. The molecule has 0 saturated carbocycles. The van der Waals surface area contributed by atoms with Crippen LogP contribution in [-0.4, -0.2) is 13.1 Å². The summed E-state index contributed by atoms with van der Waals surface area (Å²) in [5.74, 6) is 2.06. The summed E-state index contributed by atoms with van der Waals surface area (Å²) >= 11 is 0. The fourth-order valence-corrected chi connectivity index (χ4v) is 4.96. The molecule has 0 amide bonds. The summed E-state index contributed by atoms with van der Waals surface area (Å²) in [7, 11) is 0. The van der Waals surface area contributed by atoms with Crippen molar-refractivity contribution in [3.8, 4) is 0 Å². The zero-order valence-corrected chi connectivity index (χ0v) is 24.8. The van der Waals surface area contributed by atoms with Crippen molar-refractivity contribution < 1.29 is 17.1 Å². The van der Waals surface area contributed by atoms with Gasteiger partial charge in [0.15, 0.2) is 0 Å². The van der Waals surface area contributed by atoms with E-state index >= 15 is 0 Å². The number of rotatable bonds is 6. The Labute approximate surface area is 236 Å². The van der Waals surface area contributed by atoms with E-state index in [1.165, 1.54) is 33.6 Å². The molecule has 4 rings (SSSR count). The SMILES string of the molecule is CC(C)c1cccc(C(C)C)c1N1[CH-]N(c2c(C(C)C)cccc2C(C)C)CC1.[Cu+2].[NH-]c1ccccc1. The van der Waals surface area contributed by atoms with Gasteiger partial charge in [-0.05, 0) is 45.9 Å². The van der Waals surface area contributed by atoms with Crippen molar-refractivity contribution in [2.45, 2.75) is 79.1 Å². The van der Waals surface area contributed by atoms with Crippen molar-refractivity contribution in [3.63, 3.8) is 0 Å². The summed E-state index contributed by atoms with van der Waals surface area (Å²) in [5, 5.41) is 0. The van der Waals surface area contributed by atoms with Crippen molar-refractivity contribution in [3.05, 3.63) is 101 Å². The van der Waals surface area contributed by atoms with Crippen molar-refractivity contribution in [2.24, 2.45) is 0 Å². The third-order valence-corrected chi connectivity index (χ3v) is 6.89. The number of anilines is 2. The topological polar surface area (TPSA) is 30.3 Å². The second kappa shape index (κ2) is 13.9. The van der Waals surface area contributed by atoms with Crippen molar-refractivity contribution in [2.75, 3.05) is 22.9 Å². The molecule has 0 aromatic heterocycles. The van der Waals surface area contributed by atoms with E-state index in [1.54, 1.807) is 12.1 Å². The number of nitrogens with zero attached hydrogens (tertiary/aromatic N) is 2. The number of benzene rings is 3. The number of hydrogen-bond acceptors (Lipinski definition) is 2. The third kappa shape index (κ3) is 7.55. The van der Waals surface area contributed by atoms with Gasteiger partial charge in [0.2, 0.25) is 0 Å². The van der Waals surface area contributed by atoms with Crippen LogP contribution < -0.4 is 9.80 Å². The zero-order valence-electron chi connectivity index (χ0n) is 23.8. The minimum Gasteiger partial charge on any atom is -0.699 e. The van der Waals surface area contributed by atoms with E-state index in [0.29, 0.717) is 29.4 Å². The Morgan fingerprint density at radius 2 is 0.865 bits per heavy atom. The third-order valence-electron chi connectivity index (χ3n) is 6.89. The van der Waals surface area contributed by atoms with E-state index in [0.717, 1.165) is 13.1 Å². The van der Waals surface area contributed by atoms with Gasteiger partial charge in [-0.2, -0.15) is 6.67 Å². The van der Waals surface area contributed by atoms with Gasteiger partial charge in [-0.15, -0.1) is 5.69 Å². The van der Waals surface area contributed by atoms with E-state index in [4.69, 9.17) is 5.73 Å². The second-order valence-corrected chi connectivity index (χ2v) is 11.1. The summed E-state index contributed by atoms with van der Waals surface area (Å²) in [4.78, 5) is 5.01. The Morgan fingerprint density at radius 3 is 1.11 bits per heavy atom. The van der Waals surface area contributed by atoms with Crippen LogP contribution in [0.5, 0.6) is 0 Å². The van der Waals surface area contributed by atoms with Crippen LogP contribution in [-0.2, 0) is 17.1 Å². The average molecular weight is 547 g/mol. The van der Waals surface area contributed by atoms with Crippen LogP contribution in [0.4, 0.5) is 17.1 Å². The van der Waals surface area contributed by atoms with Gasteiger partial charge in [0, 0.05) is 24.5 Å². The summed E-state index contributed by atoms with van der Waals surface area (Å²) in [6, 6.07) is 22.8. The van der Waals surface area contributed by atoms with Crippen LogP contribution in [0.15, 0.2) is 66.7 Å². The van der Waals surface area contributed by atoms with Gasteiger partial charge in [0.05, 0.1) is 0 Å². The van der Waals surface area contributed by atoms with Gasteiger partial charge in [0.1, 0.15) is 0 Å². The minimum absolute atomic E-state index is 0. The maximum atomic E-state index is 7.00. The van der Waals surface area contributed by atoms with Crippen LogP contribution in [0.2, 0.25) is 0 Å². The number of hydrogen-bond donors (Lipinski definition) is 0. The Morgan fingerprint density at radius 1 is 0.541 bits per heavy atom. The predicted molar refractivity (Wildman–Crippen MR) is 159 cm³/mol. The van der Waals surface area contributed by atoms with Crippen LogP contribution in [0, 0.1) is 6.67 Å². The molecule has 37 heavy (non-hydrogen) atoms. The Hall–Kier alpha value is -2.42. The molecular weight excluding hydrogens is 502 g/mol. The van der Waals surface area contributed by atoms with Crippen LogP contribution in [0.3, 0.4) is 0 Å². The van der Waals surface area contributed by atoms with Gasteiger partial charge >= 0.3 is 17.1 Å². The van der Waals surface area contributed by atoms with Crippen LogP contribution in [0.1, 0.15) is 101 Å². The molecule has 3 aromatic rings. The second-order valence-electron chi connectivity index (χ2n) is 11.1. The van der Waals surface area contributed by atoms with Gasteiger partial charge in [0.25, 0.3) is 0 Å². The van der Waals surface area contributed by atoms with Gasteiger partial charge in [-0.25, -0.2) is 0 Å². The first-order valence-corrected chi connectivity index (χ1v) is 13.5. The largest absolute Gasteiger partial charge is 2.00 e. The van der Waals surface area contributed by atoms with Gasteiger partial charge < -0.3 is 15.5 Å². The molecule has 0 bridgehead atoms. The van der Waals surface area contributed by atoms with Crippen LogP contribution >= 0.6 is 0 Å². The molecule has 3 nitrogen and oxygen atoms in total. The fraction of sp³-hybridized carbons (Fsp3) is 0.424. The molecule has 203 valence electrons. The standard InChI is InChI=1S/C27H39N2.C6H6N.Cu/c1-18(2)22-11-9-12-23(19(3)4)26(22)28-15-16-29(17-28)27-24(20(5)6)13-10-14-25(27)21(7)8;7-6-4-2-1-3-5-6;/h9-14,17-21H,15-16H2,1-8H3;1-5,7H;/q2*-1;+2. The molecule has 0 atom stereocenters. The average Bonchev–Trinajstić information content (AvgIpc) is 3.33. The maximum Gasteiger partial charge on any atom is 2.00 e. The van der Waals surface area contributed by atoms with Crippen molar-refractivity contribution in [1.82, 2.24) is 0 Å². The number of nitrogens with one attached hydrogen (secondary N) is 1.